The summed E-state index contributed by atoms with van der Waals surface area (Å²) in [4.78, 5) is 10.8. The van der Waals surface area contributed by atoms with Crippen LogP contribution in [0.25, 0.3) is 0 Å². The highest BCUT2D eigenvalue weighted by Gasteiger charge is 2.63. The van der Waals surface area contributed by atoms with Crippen LogP contribution in [-0.4, -0.2) is 62.1 Å². The van der Waals surface area contributed by atoms with Gasteiger partial charge in [-0.3, -0.25) is 0 Å². The van der Waals surface area contributed by atoms with Crippen LogP contribution in [0.2, 0.25) is 0 Å². The zero-order chi connectivity index (χ0) is 11.8. The highest BCUT2D eigenvalue weighted by atomic mass is 31.1. The summed E-state index contributed by atoms with van der Waals surface area (Å²) in [6, 6.07) is 0. The van der Waals surface area contributed by atoms with Crippen molar-refractivity contribution >= 4 is 8.03 Å². The molecule has 1 heterocycles. The molecule has 1 aliphatic heterocycles. The van der Waals surface area contributed by atoms with E-state index in [9.17, 15) is 19.7 Å². The summed E-state index contributed by atoms with van der Waals surface area (Å²) >= 11 is 0. The Balaban J connectivity index is 3.04. The molecule has 5 N–H and O–H groups in total. The predicted octanol–water partition coefficient (Wildman–Crippen LogP) is -3.79. The maximum Gasteiger partial charge on any atom is 0.350 e. The summed E-state index contributed by atoms with van der Waals surface area (Å²) in [5.74, 6) is 0. The third-order valence-corrected chi connectivity index (χ3v) is 3.42. The number of hydrogen-bond acceptors (Lipinski definition) is 8. The van der Waals surface area contributed by atoms with Crippen LogP contribution in [0.3, 0.4) is 0 Å². The first kappa shape index (κ1) is 12.9. The molecule has 1 aliphatic rings. The maximum atomic E-state index is 10.8. The fourth-order valence-corrected chi connectivity index (χ4v) is 2.10. The summed E-state index contributed by atoms with van der Waals surface area (Å²) in [6.07, 6.45) is -7.70. The lowest BCUT2D eigenvalue weighted by molar-refractivity contribution is -0.309. The number of aliphatic hydroxyl groups excluding tert-OH is 4. The van der Waals surface area contributed by atoms with E-state index in [0.29, 0.717) is 0 Å². The normalized spacial score (nSPS) is 47.7. The number of rotatable bonds is 2. The van der Waals surface area contributed by atoms with Crippen molar-refractivity contribution in [2.24, 2.45) is 0 Å². The van der Waals surface area contributed by atoms with Gasteiger partial charge >= 0.3 is 13.4 Å². The van der Waals surface area contributed by atoms with Crippen molar-refractivity contribution in [1.29, 1.82) is 0 Å². The zero-order valence-electron chi connectivity index (χ0n) is 7.42. The van der Waals surface area contributed by atoms with Gasteiger partial charge in [0.1, 0.15) is 6.10 Å². The van der Waals surface area contributed by atoms with Gasteiger partial charge in [-0.05, 0) is 0 Å². The van der Waals surface area contributed by atoms with E-state index in [1.54, 1.807) is 0 Å². The van der Waals surface area contributed by atoms with E-state index in [2.05, 4.69) is 4.74 Å². The molecule has 0 amide bonds. The van der Waals surface area contributed by atoms with Gasteiger partial charge in [-0.1, -0.05) is 4.57 Å². The summed E-state index contributed by atoms with van der Waals surface area (Å²) in [6.45, 7) is -0.930. The quantitative estimate of drug-likeness (QED) is 0.309. The smallest absolute Gasteiger partial charge is 0.350 e. The lowest BCUT2D eigenvalue weighted by Gasteiger charge is -2.40. The Kier molecular flexibility index (Phi) is 3.75. The molecule has 1 saturated heterocycles. The standard InChI is InChI=1S/C6H11O8P/c7-1-2-6(11,15(12)13)4(9)3(8)5(10)14-2/h2-5,7-11H,1H2. The molecule has 0 aromatic carbocycles. The first-order valence-electron chi connectivity index (χ1n) is 4.03. The molecule has 1 rings (SSSR count). The molecular formula is C6H11O8P. The van der Waals surface area contributed by atoms with Crippen molar-refractivity contribution in [1.82, 2.24) is 0 Å². The molecule has 0 spiro atoms. The van der Waals surface area contributed by atoms with Crippen molar-refractivity contribution in [2.45, 2.75) is 29.9 Å². The van der Waals surface area contributed by atoms with E-state index in [1.807, 2.05) is 0 Å². The molecular weight excluding hydrogens is 231 g/mol. The minimum Gasteiger partial charge on any atom is -0.593 e. The van der Waals surface area contributed by atoms with Crippen LogP contribution in [0, 0.1) is 0 Å². The van der Waals surface area contributed by atoms with Crippen LogP contribution in [0.4, 0.5) is 0 Å². The minimum absolute atomic E-state index is 0.930. The largest absolute Gasteiger partial charge is 0.593 e. The number of ether oxygens (including phenoxy) is 1. The second kappa shape index (κ2) is 4.36. The van der Waals surface area contributed by atoms with Gasteiger partial charge in [0.15, 0.2) is 18.5 Å². The van der Waals surface area contributed by atoms with Crippen molar-refractivity contribution in [3.63, 3.8) is 0 Å². The predicted molar refractivity (Wildman–Crippen MR) is 42.5 cm³/mol. The van der Waals surface area contributed by atoms with Crippen LogP contribution in [-0.2, 0) is 9.30 Å². The van der Waals surface area contributed by atoms with Crippen LogP contribution in [0.5, 0.6) is 0 Å². The van der Waals surface area contributed by atoms with Gasteiger partial charge in [0.2, 0.25) is 0 Å². The fourth-order valence-electron chi connectivity index (χ4n) is 1.35. The van der Waals surface area contributed by atoms with Crippen LogP contribution in [0.1, 0.15) is 0 Å². The van der Waals surface area contributed by atoms with Crippen LogP contribution in [0.15, 0.2) is 0 Å². The lowest BCUT2D eigenvalue weighted by Crippen LogP contribution is -2.65. The lowest BCUT2D eigenvalue weighted by atomic mass is 9.98. The average Bonchev–Trinajstić information content (AvgIpc) is 2.20. The van der Waals surface area contributed by atoms with Gasteiger partial charge in [-0.15, -0.1) is 0 Å². The Morgan fingerprint density at radius 2 is 1.93 bits per heavy atom. The molecule has 0 aromatic heterocycles. The molecule has 0 saturated carbocycles. The van der Waals surface area contributed by atoms with Gasteiger partial charge in [0.05, 0.1) is 6.61 Å². The van der Waals surface area contributed by atoms with E-state index in [1.165, 1.54) is 0 Å². The Morgan fingerprint density at radius 3 is 2.33 bits per heavy atom. The third-order valence-electron chi connectivity index (χ3n) is 2.29. The van der Waals surface area contributed by atoms with Crippen molar-refractivity contribution in [2.75, 3.05) is 6.61 Å². The SMILES string of the molecule is O=[P+]([O-])C1(O)C(CO)OC(O)C(O)C1O. The van der Waals surface area contributed by atoms with E-state index in [4.69, 9.17) is 15.3 Å². The molecule has 6 unspecified atom stereocenters. The van der Waals surface area contributed by atoms with E-state index in [0.717, 1.165) is 0 Å². The summed E-state index contributed by atoms with van der Waals surface area (Å²) in [5, 5.41) is 42.9. The first-order chi connectivity index (χ1) is 6.85. The third kappa shape index (κ3) is 1.91. The highest BCUT2D eigenvalue weighted by molar-refractivity contribution is 7.38. The summed E-state index contributed by atoms with van der Waals surface area (Å²) < 4.78 is 15.2. The molecule has 0 aromatic rings. The first-order valence-corrected chi connectivity index (χ1v) is 5.20. The second-order valence-electron chi connectivity index (χ2n) is 3.17. The molecule has 1 fully saturated rings. The highest BCUT2D eigenvalue weighted by Crippen LogP contribution is 2.42. The number of hydrogen-bond donors (Lipinski definition) is 5. The maximum absolute atomic E-state index is 10.8. The minimum atomic E-state index is -3.58. The molecule has 6 atom stereocenters. The topological polar surface area (TPSA) is 151 Å². The Bertz CT molecular complexity index is 256. The van der Waals surface area contributed by atoms with Crippen LogP contribution >= 0.6 is 8.03 Å². The van der Waals surface area contributed by atoms with Crippen molar-refractivity contribution in [3.8, 4) is 0 Å². The molecule has 8 nitrogen and oxygen atoms in total. The zero-order valence-corrected chi connectivity index (χ0v) is 8.32. The number of aliphatic hydroxyl groups is 5. The fraction of sp³-hybridized carbons (Fsp3) is 1.00. The molecule has 88 valence electrons. The Labute approximate surface area is 85.2 Å². The van der Waals surface area contributed by atoms with Crippen molar-refractivity contribution < 1.29 is 39.7 Å². The van der Waals surface area contributed by atoms with E-state index in [-0.39, 0.29) is 0 Å². The molecule has 0 bridgehead atoms. The van der Waals surface area contributed by atoms with Gasteiger partial charge < -0.3 is 35.2 Å². The van der Waals surface area contributed by atoms with Gasteiger partial charge in [-0.25, -0.2) is 0 Å². The van der Waals surface area contributed by atoms with E-state index >= 15 is 0 Å². The second-order valence-corrected chi connectivity index (χ2v) is 4.40. The summed E-state index contributed by atoms with van der Waals surface area (Å²) in [5.41, 5.74) is 0. The Hall–Kier alpha value is -0.180. The molecule has 9 heteroatoms. The molecule has 0 radical (unpaired) electrons. The molecule has 15 heavy (non-hydrogen) atoms. The van der Waals surface area contributed by atoms with Crippen LogP contribution < -0.4 is 4.89 Å². The Morgan fingerprint density at radius 1 is 1.40 bits per heavy atom. The van der Waals surface area contributed by atoms with Gasteiger partial charge in [-0.2, -0.15) is 0 Å². The summed E-state index contributed by atoms with van der Waals surface area (Å²) in [7, 11) is -3.58. The average molecular weight is 242 g/mol. The monoisotopic (exact) mass is 242 g/mol. The van der Waals surface area contributed by atoms with Gasteiger partial charge in [0, 0.05) is 0 Å². The van der Waals surface area contributed by atoms with Crippen molar-refractivity contribution in [3.05, 3.63) is 0 Å². The van der Waals surface area contributed by atoms with E-state index < -0.39 is 44.6 Å². The van der Waals surface area contributed by atoms with Gasteiger partial charge in [0.25, 0.3) is 0 Å². The molecule has 0 aliphatic carbocycles.